The molecule has 0 spiro atoms. The normalized spacial score (nSPS) is 17.2. The van der Waals surface area contributed by atoms with Crippen LogP contribution in [0.2, 0.25) is 0 Å². The fourth-order valence-electron chi connectivity index (χ4n) is 5.05. The zero-order valence-corrected chi connectivity index (χ0v) is 21.6. The smallest absolute Gasteiger partial charge is 0.333 e. The van der Waals surface area contributed by atoms with Gasteiger partial charge in [-0.1, -0.05) is 12.1 Å². The molecule has 1 saturated heterocycles. The van der Waals surface area contributed by atoms with Crippen molar-refractivity contribution < 1.29 is 14.3 Å². The number of fused-ring (bicyclic) bond motifs is 1. The van der Waals surface area contributed by atoms with Crippen LogP contribution < -0.4 is 25.8 Å². The van der Waals surface area contributed by atoms with Crippen LogP contribution in [0.4, 0.5) is 11.5 Å². The third-order valence-corrected chi connectivity index (χ3v) is 6.80. The molecule has 2 aliphatic rings. The Morgan fingerprint density at radius 2 is 1.58 bits per heavy atom. The minimum atomic E-state index is -0.682. The lowest BCUT2D eigenvalue weighted by atomic mass is 10.1. The van der Waals surface area contributed by atoms with Crippen molar-refractivity contribution >= 4 is 23.3 Å². The second-order valence-corrected chi connectivity index (χ2v) is 9.91. The van der Waals surface area contributed by atoms with Crippen molar-refractivity contribution in [3.63, 3.8) is 0 Å². The summed E-state index contributed by atoms with van der Waals surface area (Å²) in [6.45, 7) is 11.2. The summed E-state index contributed by atoms with van der Waals surface area (Å²) in [5, 5.41) is 0. The van der Waals surface area contributed by atoms with Crippen molar-refractivity contribution in [1.82, 2.24) is 14.0 Å². The number of anilines is 2. The van der Waals surface area contributed by atoms with Crippen LogP contribution in [0.15, 0.2) is 39.9 Å². The van der Waals surface area contributed by atoms with Gasteiger partial charge in [-0.2, -0.15) is 0 Å². The first-order valence-electron chi connectivity index (χ1n) is 12.6. The molecule has 0 bridgehead atoms. The number of nitrogens with zero attached hydrogens (tertiary/aromatic N) is 5. The van der Waals surface area contributed by atoms with E-state index in [1.807, 2.05) is 44.7 Å². The third-order valence-electron chi connectivity index (χ3n) is 6.80. The Balaban J connectivity index is 1.56. The molecule has 194 valence electrons. The Labute approximate surface area is 210 Å². The number of ether oxygens (including phenoxy) is 1. The lowest BCUT2D eigenvalue weighted by Crippen LogP contribution is -2.53. The number of carbonyl (C=O) groups excluding carboxylic acids is 2. The second-order valence-electron chi connectivity index (χ2n) is 9.91. The summed E-state index contributed by atoms with van der Waals surface area (Å²) < 4.78 is 8.45. The average molecular weight is 498 g/mol. The molecule has 4 rings (SSSR count). The molecular weight excluding hydrogens is 462 g/mol. The lowest BCUT2D eigenvalue weighted by molar-refractivity contribution is -0.134. The summed E-state index contributed by atoms with van der Waals surface area (Å²) in [7, 11) is 0. The number of hydrogen-bond acceptors (Lipinski definition) is 6. The molecule has 1 fully saturated rings. The van der Waals surface area contributed by atoms with E-state index in [0.717, 1.165) is 0 Å². The first-order valence-corrected chi connectivity index (χ1v) is 12.6. The molecule has 0 aliphatic carbocycles. The molecule has 2 aromatic rings. The van der Waals surface area contributed by atoms with Gasteiger partial charge in [0, 0.05) is 44.3 Å². The van der Waals surface area contributed by atoms with Crippen molar-refractivity contribution in [2.75, 3.05) is 42.6 Å². The van der Waals surface area contributed by atoms with Gasteiger partial charge < -0.3 is 14.5 Å². The Kier molecular flexibility index (Phi) is 7.23. The molecule has 1 aromatic carbocycles. The van der Waals surface area contributed by atoms with E-state index in [9.17, 15) is 19.2 Å². The minimum absolute atomic E-state index is 0.100. The monoisotopic (exact) mass is 497 g/mol. The van der Waals surface area contributed by atoms with Crippen molar-refractivity contribution in [3.05, 3.63) is 51.2 Å². The third kappa shape index (κ3) is 4.64. The summed E-state index contributed by atoms with van der Waals surface area (Å²) in [5.41, 5.74) is -0.0484. The van der Waals surface area contributed by atoms with Crippen LogP contribution in [-0.2, 0) is 9.59 Å². The number of carbonyl (C=O) groups is 2. The maximum absolute atomic E-state index is 13.5. The number of benzene rings is 1. The van der Waals surface area contributed by atoms with Crippen molar-refractivity contribution in [3.8, 4) is 5.75 Å². The molecule has 10 nitrogen and oxygen atoms in total. The number of amides is 2. The van der Waals surface area contributed by atoms with Crippen LogP contribution in [0, 0.1) is 0 Å². The van der Waals surface area contributed by atoms with Crippen LogP contribution in [0.3, 0.4) is 0 Å². The fraction of sp³-hybridized carbons (Fsp3) is 0.538. The minimum Gasteiger partial charge on any atom is -0.482 e. The summed E-state index contributed by atoms with van der Waals surface area (Å²) in [4.78, 5) is 57.5. The van der Waals surface area contributed by atoms with Gasteiger partial charge in [0.05, 0.1) is 5.69 Å². The highest BCUT2D eigenvalue weighted by Gasteiger charge is 2.35. The second kappa shape index (κ2) is 10.2. The van der Waals surface area contributed by atoms with E-state index in [-0.39, 0.29) is 41.8 Å². The van der Waals surface area contributed by atoms with E-state index in [1.54, 1.807) is 28.5 Å². The number of para-hydroxylation sites is 2. The van der Waals surface area contributed by atoms with Gasteiger partial charge in [-0.25, -0.2) is 4.79 Å². The highest BCUT2D eigenvalue weighted by atomic mass is 16.5. The highest BCUT2D eigenvalue weighted by Crippen LogP contribution is 2.33. The van der Waals surface area contributed by atoms with E-state index in [1.165, 1.54) is 15.5 Å². The Morgan fingerprint density at radius 1 is 0.889 bits per heavy atom. The van der Waals surface area contributed by atoms with Gasteiger partial charge in [-0.05, 0) is 53.2 Å². The van der Waals surface area contributed by atoms with E-state index in [0.29, 0.717) is 49.9 Å². The van der Waals surface area contributed by atoms with E-state index < -0.39 is 6.04 Å². The predicted octanol–water partition coefficient (Wildman–Crippen LogP) is 2.02. The highest BCUT2D eigenvalue weighted by molar-refractivity contribution is 6.03. The maximum atomic E-state index is 13.5. The molecule has 2 amide bonds. The van der Waals surface area contributed by atoms with E-state index in [2.05, 4.69) is 0 Å². The zero-order chi connectivity index (χ0) is 26.1. The standard InChI is InChI=1S/C26H35N5O5/c1-17(2)29-22(15-23(32)30(18(3)4)26(29)35)27-11-8-12-28(14-13-27)25(34)19(5)31-20-9-6-7-10-21(20)36-16-24(31)33/h6-7,9-10,15,17-19H,8,11-14,16H2,1-5H3. The quantitative estimate of drug-likeness (QED) is 0.627. The van der Waals surface area contributed by atoms with E-state index >= 15 is 0 Å². The first-order chi connectivity index (χ1) is 17.1. The van der Waals surface area contributed by atoms with Gasteiger partial charge in [0.1, 0.15) is 17.6 Å². The zero-order valence-electron chi connectivity index (χ0n) is 21.6. The number of hydrogen-bond donors (Lipinski definition) is 0. The number of rotatable bonds is 5. The van der Waals surface area contributed by atoms with Gasteiger partial charge in [0.2, 0.25) is 5.91 Å². The van der Waals surface area contributed by atoms with Crippen LogP contribution in [0.1, 0.15) is 53.1 Å². The molecule has 1 aromatic heterocycles. The summed E-state index contributed by atoms with van der Waals surface area (Å²) in [6.07, 6.45) is 0.672. The van der Waals surface area contributed by atoms with Gasteiger partial charge in [0.25, 0.3) is 11.5 Å². The molecule has 0 N–H and O–H groups in total. The largest absolute Gasteiger partial charge is 0.482 e. The Bertz CT molecular complexity index is 1260. The predicted molar refractivity (Wildman–Crippen MR) is 138 cm³/mol. The van der Waals surface area contributed by atoms with Crippen molar-refractivity contribution in [1.29, 1.82) is 0 Å². The molecule has 1 unspecified atom stereocenters. The molecule has 3 heterocycles. The topological polar surface area (TPSA) is 97.1 Å². The fourth-order valence-corrected chi connectivity index (χ4v) is 5.05. The van der Waals surface area contributed by atoms with Gasteiger partial charge in [-0.3, -0.25) is 28.4 Å². The molecule has 0 radical (unpaired) electrons. The molecule has 10 heteroatoms. The van der Waals surface area contributed by atoms with Gasteiger partial charge in [-0.15, -0.1) is 0 Å². The Morgan fingerprint density at radius 3 is 2.28 bits per heavy atom. The average Bonchev–Trinajstić information content (AvgIpc) is 3.08. The summed E-state index contributed by atoms with van der Waals surface area (Å²) >= 11 is 0. The first kappa shape index (κ1) is 25.5. The molecular formula is C26H35N5O5. The van der Waals surface area contributed by atoms with Crippen LogP contribution >= 0.6 is 0 Å². The van der Waals surface area contributed by atoms with Gasteiger partial charge in [0.15, 0.2) is 6.61 Å². The van der Waals surface area contributed by atoms with Crippen molar-refractivity contribution in [2.24, 2.45) is 0 Å². The Hall–Kier alpha value is -3.56. The molecule has 36 heavy (non-hydrogen) atoms. The summed E-state index contributed by atoms with van der Waals surface area (Å²) in [5.74, 6) is 0.772. The number of aromatic nitrogens is 2. The maximum Gasteiger partial charge on any atom is 0.333 e. The SMILES string of the molecule is CC(C(=O)N1CCCN(c2cc(=O)n(C(C)C)c(=O)n2C(C)C)CC1)N1C(=O)COc2ccccc21. The van der Waals surface area contributed by atoms with Crippen LogP contribution in [-0.4, -0.2) is 64.7 Å². The van der Waals surface area contributed by atoms with Crippen molar-refractivity contribution in [2.45, 2.75) is 59.2 Å². The molecule has 0 saturated carbocycles. The lowest BCUT2D eigenvalue weighted by Gasteiger charge is -2.35. The van der Waals surface area contributed by atoms with Gasteiger partial charge >= 0.3 is 5.69 Å². The van der Waals surface area contributed by atoms with Crippen LogP contribution in [0.25, 0.3) is 0 Å². The molecule has 1 atom stereocenters. The summed E-state index contributed by atoms with van der Waals surface area (Å²) in [6, 6.07) is 7.70. The molecule has 2 aliphatic heterocycles. The van der Waals surface area contributed by atoms with E-state index in [4.69, 9.17) is 4.74 Å². The van der Waals surface area contributed by atoms with Crippen LogP contribution in [0.5, 0.6) is 5.75 Å².